The SMILES string of the molecule is CCNc1ccccc1S(=O)(=O)NCc1cnc[nH]1. The van der Waals surface area contributed by atoms with Crippen molar-refractivity contribution >= 4 is 15.7 Å². The van der Waals surface area contributed by atoms with E-state index in [1.165, 1.54) is 6.33 Å². The first kappa shape index (κ1) is 13.6. The second kappa shape index (κ2) is 5.85. The molecule has 1 aromatic heterocycles. The van der Waals surface area contributed by atoms with E-state index in [9.17, 15) is 8.42 Å². The van der Waals surface area contributed by atoms with Crippen LogP contribution in [0, 0.1) is 0 Å². The molecular weight excluding hydrogens is 264 g/mol. The zero-order chi connectivity index (χ0) is 13.7. The number of imidazole rings is 1. The number of nitrogens with one attached hydrogen (secondary N) is 3. The Bertz CT molecular complexity index is 623. The first-order valence-corrected chi connectivity index (χ1v) is 7.41. The molecule has 0 unspecified atom stereocenters. The highest BCUT2D eigenvalue weighted by Crippen LogP contribution is 2.20. The number of para-hydroxylation sites is 1. The second-order valence-corrected chi connectivity index (χ2v) is 5.66. The Morgan fingerprint density at radius 2 is 2.11 bits per heavy atom. The molecule has 2 aromatic rings. The lowest BCUT2D eigenvalue weighted by molar-refractivity contribution is 0.581. The van der Waals surface area contributed by atoms with Crippen LogP contribution < -0.4 is 10.0 Å². The van der Waals surface area contributed by atoms with E-state index in [0.717, 1.165) is 0 Å². The number of H-pyrrole nitrogens is 1. The normalized spacial score (nSPS) is 11.4. The van der Waals surface area contributed by atoms with Gasteiger partial charge in [-0.2, -0.15) is 0 Å². The number of aromatic amines is 1. The number of hydrogen-bond donors (Lipinski definition) is 3. The van der Waals surface area contributed by atoms with Gasteiger partial charge in [0.25, 0.3) is 0 Å². The Morgan fingerprint density at radius 3 is 2.79 bits per heavy atom. The summed E-state index contributed by atoms with van der Waals surface area (Å²) in [4.78, 5) is 6.93. The Balaban J connectivity index is 2.19. The number of nitrogens with zero attached hydrogens (tertiary/aromatic N) is 1. The molecule has 0 atom stereocenters. The quantitative estimate of drug-likeness (QED) is 0.745. The zero-order valence-electron chi connectivity index (χ0n) is 10.6. The highest BCUT2D eigenvalue weighted by atomic mass is 32.2. The third-order valence-corrected chi connectivity index (χ3v) is 4.01. The van der Waals surface area contributed by atoms with Crippen LogP contribution in [0.2, 0.25) is 0 Å². The molecule has 0 radical (unpaired) electrons. The molecule has 102 valence electrons. The number of rotatable bonds is 6. The van der Waals surface area contributed by atoms with Gasteiger partial charge < -0.3 is 10.3 Å². The maximum Gasteiger partial charge on any atom is 0.242 e. The van der Waals surface area contributed by atoms with Crippen molar-refractivity contribution in [3.8, 4) is 0 Å². The second-order valence-electron chi connectivity index (χ2n) is 3.93. The summed E-state index contributed by atoms with van der Waals surface area (Å²) in [6, 6.07) is 6.82. The Morgan fingerprint density at radius 1 is 1.32 bits per heavy atom. The van der Waals surface area contributed by atoms with E-state index in [0.29, 0.717) is 17.9 Å². The molecule has 0 amide bonds. The molecule has 19 heavy (non-hydrogen) atoms. The van der Waals surface area contributed by atoms with Crippen molar-refractivity contribution in [2.24, 2.45) is 0 Å². The van der Waals surface area contributed by atoms with E-state index in [4.69, 9.17) is 0 Å². The molecular formula is C12H16N4O2S. The molecule has 0 saturated heterocycles. The fourth-order valence-electron chi connectivity index (χ4n) is 1.67. The van der Waals surface area contributed by atoms with Crippen LogP contribution in [0.15, 0.2) is 41.7 Å². The molecule has 3 N–H and O–H groups in total. The number of anilines is 1. The summed E-state index contributed by atoms with van der Waals surface area (Å²) in [5.41, 5.74) is 1.31. The van der Waals surface area contributed by atoms with Gasteiger partial charge in [0.1, 0.15) is 4.90 Å². The molecule has 6 nitrogen and oxygen atoms in total. The molecule has 0 aliphatic heterocycles. The largest absolute Gasteiger partial charge is 0.384 e. The minimum atomic E-state index is -3.55. The molecule has 0 saturated carbocycles. The van der Waals surface area contributed by atoms with Gasteiger partial charge in [-0.1, -0.05) is 12.1 Å². The predicted octanol–water partition coefficient (Wildman–Crippen LogP) is 1.32. The molecule has 0 aliphatic rings. The van der Waals surface area contributed by atoms with E-state index in [2.05, 4.69) is 20.0 Å². The fraction of sp³-hybridized carbons (Fsp3) is 0.250. The van der Waals surface area contributed by atoms with Crippen molar-refractivity contribution in [1.29, 1.82) is 0 Å². The molecule has 0 aliphatic carbocycles. The lowest BCUT2D eigenvalue weighted by atomic mass is 10.3. The molecule has 0 spiro atoms. The van der Waals surface area contributed by atoms with Gasteiger partial charge in [0.15, 0.2) is 0 Å². The Hall–Kier alpha value is -1.86. The Labute approximate surface area is 112 Å². The summed E-state index contributed by atoms with van der Waals surface area (Å²) in [5, 5.41) is 3.04. The van der Waals surface area contributed by atoms with Crippen LogP contribution in [0.4, 0.5) is 5.69 Å². The van der Waals surface area contributed by atoms with Crippen LogP contribution in [0.25, 0.3) is 0 Å². The van der Waals surface area contributed by atoms with Crippen LogP contribution in [0.3, 0.4) is 0 Å². The van der Waals surface area contributed by atoms with Gasteiger partial charge in [-0.3, -0.25) is 0 Å². The first-order chi connectivity index (χ1) is 9.13. The monoisotopic (exact) mass is 280 g/mol. The van der Waals surface area contributed by atoms with Gasteiger partial charge in [-0.15, -0.1) is 0 Å². The van der Waals surface area contributed by atoms with Crippen LogP contribution in [0.1, 0.15) is 12.6 Å². The van der Waals surface area contributed by atoms with Crippen molar-refractivity contribution < 1.29 is 8.42 Å². The van der Waals surface area contributed by atoms with Crippen molar-refractivity contribution in [2.75, 3.05) is 11.9 Å². The summed E-state index contributed by atoms with van der Waals surface area (Å²) >= 11 is 0. The predicted molar refractivity (Wildman–Crippen MR) is 73.2 cm³/mol. The van der Waals surface area contributed by atoms with Crippen LogP contribution in [0.5, 0.6) is 0 Å². The van der Waals surface area contributed by atoms with Crippen molar-refractivity contribution in [3.05, 3.63) is 42.5 Å². The summed E-state index contributed by atoms with van der Waals surface area (Å²) in [6.07, 6.45) is 3.09. The van der Waals surface area contributed by atoms with Crippen LogP contribution in [-0.4, -0.2) is 24.9 Å². The lowest BCUT2D eigenvalue weighted by Crippen LogP contribution is -2.24. The number of benzene rings is 1. The topological polar surface area (TPSA) is 86.9 Å². The summed E-state index contributed by atoms with van der Waals surface area (Å²) in [7, 11) is -3.55. The van der Waals surface area contributed by atoms with E-state index in [1.807, 2.05) is 6.92 Å². The highest BCUT2D eigenvalue weighted by Gasteiger charge is 2.17. The Kier molecular flexibility index (Phi) is 4.18. The molecule has 2 rings (SSSR count). The van der Waals surface area contributed by atoms with E-state index in [-0.39, 0.29) is 11.4 Å². The third kappa shape index (κ3) is 3.33. The van der Waals surface area contributed by atoms with Gasteiger partial charge in [0.2, 0.25) is 10.0 Å². The van der Waals surface area contributed by atoms with Crippen LogP contribution >= 0.6 is 0 Å². The van der Waals surface area contributed by atoms with Gasteiger partial charge in [-0.05, 0) is 19.1 Å². The average molecular weight is 280 g/mol. The van der Waals surface area contributed by atoms with E-state index < -0.39 is 10.0 Å². The smallest absolute Gasteiger partial charge is 0.242 e. The molecule has 0 bridgehead atoms. The average Bonchev–Trinajstić information content (AvgIpc) is 2.91. The standard InChI is InChI=1S/C12H16N4O2S/c1-2-14-11-5-3-4-6-12(11)19(17,18)16-8-10-7-13-9-15-10/h3-7,9,14,16H,2,8H2,1H3,(H,13,15). The summed E-state index contributed by atoms with van der Waals surface area (Å²) < 4.78 is 27.0. The van der Waals surface area contributed by atoms with Crippen molar-refractivity contribution in [2.45, 2.75) is 18.4 Å². The van der Waals surface area contributed by atoms with Gasteiger partial charge in [0.05, 0.1) is 18.6 Å². The number of sulfonamides is 1. The molecule has 1 heterocycles. The maximum absolute atomic E-state index is 12.2. The minimum Gasteiger partial charge on any atom is -0.384 e. The van der Waals surface area contributed by atoms with Crippen molar-refractivity contribution in [1.82, 2.24) is 14.7 Å². The van der Waals surface area contributed by atoms with Gasteiger partial charge in [-0.25, -0.2) is 18.1 Å². The first-order valence-electron chi connectivity index (χ1n) is 5.93. The number of hydrogen-bond acceptors (Lipinski definition) is 4. The van der Waals surface area contributed by atoms with Crippen molar-refractivity contribution in [3.63, 3.8) is 0 Å². The zero-order valence-corrected chi connectivity index (χ0v) is 11.4. The molecule has 0 fully saturated rings. The molecule has 7 heteroatoms. The maximum atomic E-state index is 12.2. The molecule has 1 aromatic carbocycles. The summed E-state index contributed by atoms with van der Waals surface area (Å²) in [6.45, 7) is 2.76. The summed E-state index contributed by atoms with van der Waals surface area (Å²) in [5.74, 6) is 0. The lowest BCUT2D eigenvalue weighted by Gasteiger charge is -2.11. The minimum absolute atomic E-state index is 0.183. The number of aromatic nitrogens is 2. The third-order valence-electron chi connectivity index (χ3n) is 2.55. The van der Waals surface area contributed by atoms with Gasteiger partial charge >= 0.3 is 0 Å². The fourth-order valence-corrected chi connectivity index (χ4v) is 2.86. The highest BCUT2D eigenvalue weighted by molar-refractivity contribution is 7.89. The van der Waals surface area contributed by atoms with Gasteiger partial charge in [0, 0.05) is 18.4 Å². The van der Waals surface area contributed by atoms with Crippen LogP contribution in [-0.2, 0) is 16.6 Å². The van der Waals surface area contributed by atoms with E-state index >= 15 is 0 Å². The van der Waals surface area contributed by atoms with E-state index in [1.54, 1.807) is 30.5 Å².